The van der Waals surface area contributed by atoms with Gasteiger partial charge in [-0.3, -0.25) is 4.79 Å². The highest BCUT2D eigenvalue weighted by Gasteiger charge is 2.20. The molecule has 2 aromatic carbocycles. The van der Waals surface area contributed by atoms with E-state index in [0.717, 1.165) is 22.4 Å². The number of benzene rings is 2. The lowest BCUT2D eigenvalue weighted by Crippen LogP contribution is -2.37. The van der Waals surface area contributed by atoms with E-state index in [-0.39, 0.29) is 12.5 Å². The van der Waals surface area contributed by atoms with Gasteiger partial charge in [0.1, 0.15) is 11.5 Å². The zero-order valence-electron chi connectivity index (χ0n) is 17.1. The van der Waals surface area contributed by atoms with E-state index < -0.39 is 6.10 Å². The summed E-state index contributed by atoms with van der Waals surface area (Å²) in [6.45, 7) is 6.03. The molecule has 1 amide bonds. The van der Waals surface area contributed by atoms with Crippen molar-refractivity contribution in [1.29, 1.82) is 0 Å². The highest BCUT2D eigenvalue weighted by molar-refractivity contribution is 5.81. The number of rotatable bonds is 8. The van der Waals surface area contributed by atoms with Crippen molar-refractivity contribution in [3.8, 4) is 22.9 Å². The average Bonchev–Trinajstić information content (AvgIpc) is 3.22. The van der Waals surface area contributed by atoms with Gasteiger partial charge in [-0.05, 0) is 61.7 Å². The third-order valence-corrected chi connectivity index (χ3v) is 4.72. The van der Waals surface area contributed by atoms with Crippen LogP contribution >= 0.6 is 0 Å². The number of hydrogen-bond donors (Lipinski definition) is 1. The summed E-state index contributed by atoms with van der Waals surface area (Å²) in [6, 6.07) is 13.1. The molecule has 1 N–H and O–H groups in total. The van der Waals surface area contributed by atoms with Crippen LogP contribution in [0.3, 0.4) is 0 Å². The Kier molecular flexibility index (Phi) is 6.49. The molecule has 29 heavy (non-hydrogen) atoms. The number of nitrogens with one attached hydrogen (secondary N) is 1. The lowest BCUT2D eigenvalue weighted by atomic mass is 10.1. The molecule has 1 aromatic heterocycles. The molecule has 0 spiro atoms. The van der Waals surface area contributed by atoms with Crippen molar-refractivity contribution in [2.24, 2.45) is 0 Å². The van der Waals surface area contributed by atoms with Crippen LogP contribution < -0.4 is 14.8 Å². The topological polar surface area (TPSA) is 86.5 Å². The normalized spacial score (nSPS) is 11.7. The standard InChI is InChI=1S/C22H25N3O4/c1-5-18(28-19-8-6-7-14(2)15(19)3)22(26)23-13-20-24-21(25-29-20)16-9-11-17(27-4)12-10-16/h6-12,18H,5,13H2,1-4H3,(H,23,26). The molecule has 0 saturated carbocycles. The molecule has 1 unspecified atom stereocenters. The lowest BCUT2D eigenvalue weighted by Gasteiger charge is -2.18. The number of amides is 1. The van der Waals surface area contributed by atoms with Gasteiger partial charge in [0.05, 0.1) is 13.7 Å². The first kappa shape index (κ1) is 20.4. The molecule has 0 aliphatic heterocycles. The second-order valence-electron chi connectivity index (χ2n) is 6.67. The molecule has 1 atom stereocenters. The minimum absolute atomic E-state index is 0.134. The first-order valence-electron chi connectivity index (χ1n) is 9.49. The summed E-state index contributed by atoms with van der Waals surface area (Å²) in [6.07, 6.45) is -0.0559. The Bertz CT molecular complexity index is 966. The molecular weight excluding hydrogens is 370 g/mol. The predicted molar refractivity (Wildman–Crippen MR) is 109 cm³/mol. The Morgan fingerprint density at radius 2 is 1.93 bits per heavy atom. The summed E-state index contributed by atoms with van der Waals surface area (Å²) < 4.78 is 16.3. The average molecular weight is 395 g/mol. The molecule has 3 aromatic rings. The number of nitrogens with zero attached hydrogens (tertiary/aromatic N) is 2. The molecule has 0 saturated heterocycles. The molecule has 3 rings (SSSR count). The van der Waals surface area contributed by atoms with E-state index >= 15 is 0 Å². The number of aryl methyl sites for hydroxylation is 1. The van der Waals surface area contributed by atoms with Crippen molar-refractivity contribution >= 4 is 5.91 Å². The third-order valence-electron chi connectivity index (χ3n) is 4.72. The number of carbonyl (C=O) groups is 1. The van der Waals surface area contributed by atoms with Gasteiger partial charge < -0.3 is 19.3 Å². The Hall–Kier alpha value is -3.35. The zero-order valence-corrected chi connectivity index (χ0v) is 17.1. The fourth-order valence-corrected chi connectivity index (χ4v) is 2.79. The number of hydrogen-bond acceptors (Lipinski definition) is 6. The summed E-state index contributed by atoms with van der Waals surface area (Å²) >= 11 is 0. The third kappa shape index (κ3) is 4.93. The molecule has 0 fully saturated rings. The van der Waals surface area contributed by atoms with Gasteiger partial charge in [0.2, 0.25) is 11.7 Å². The summed E-state index contributed by atoms with van der Waals surface area (Å²) in [5.74, 6) is 2.02. The minimum atomic E-state index is -0.598. The van der Waals surface area contributed by atoms with E-state index in [1.165, 1.54) is 0 Å². The van der Waals surface area contributed by atoms with Gasteiger partial charge in [-0.25, -0.2) is 0 Å². The van der Waals surface area contributed by atoms with Crippen molar-refractivity contribution in [1.82, 2.24) is 15.5 Å². The second-order valence-corrected chi connectivity index (χ2v) is 6.67. The van der Waals surface area contributed by atoms with Crippen LogP contribution in [0, 0.1) is 13.8 Å². The molecule has 7 heteroatoms. The van der Waals surface area contributed by atoms with Crippen LogP contribution in [0.4, 0.5) is 0 Å². The maximum Gasteiger partial charge on any atom is 0.261 e. The van der Waals surface area contributed by atoms with E-state index in [4.69, 9.17) is 14.0 Å². The smallest absolute Gasteiger partial charge is 0.261 e. The quantitative estimate of drug-likeness (QED) is 0.624. The van der Waals surface area contributed by atoms with Crippen LogP contribution in [-0.4, -0.2) is 29.3 Å². The first-order valence-corrected chi connectivity index (χ1v) is 9.49. The van der Waals surface area contributed by atoms with Gasteiger partial charge in [0.25, 0.3) is 5.91 Å². The maximum atomic E-state index is 12.6. The van der Waals surface area contributed by atoms with Crippen molar-refractivity contribution in [3.05, 3.63) is 59.5 Å². The summed E-state index contributed by atoms with van der Waals surface area (Å²) in [5.41, 5.74) is 2.95. The molecule has 0 radical (unpaired) electrons. The lowest BCUT2D eigenvalue weighted by molar-refractivity contribution is -0.128. The summed E-state index contributed by atoms with van der Waals surface area (Å²) in [4.78, 5) is 16.9. The van der Waals surface area contributed by atoms with Gasteiger partial charge in [-0.2, -0.15) is 4.98 Å². The summed E-state index contributed by atoms with van der Waals surface area (Å²) in [5, 5.41) is 6.77. The van der Waals surface area contributed by atoms with Crippen LogP contribution in [0.5, 0.6) is 11.5 Å². The van der Waals surface area contributed by atoms with Crippen LogP contribution in [0.1, 0.15) is 30.4 Å². The van der Waals surface area contributed by atoms with E-state index in [1.54, 1.807) is 7.11 Å². The zero-order chi connectivity index (χ0) is 20.8. The minimum Gasteiger partial charge on any atom is -0.497 e. The SMILES string of the molecule is CCC(Oc1cccc(C)c1C)C(=O)NCc1nc(-c2ccc(OC)cc2)no1. The molecule has 1 heterocycles. The number of ether oxygens (including phenoxy) is 2. The maximum absolute atomic E-state index is 12.6. The monoisotopic (exact) mass is 395 g/mol. The Labute approximate surface area is 170 Å². The van der Waals surface area contributed by atoms with E-state index in [2.05, 4.69) is 15.5 Å². The molecular formula is C22H25N3O4. The summed E-state index contributed by atoms with van der Waals surface area (Å²) in [7, 11) is 1.61. The molecule has 0 aliphatic rings. The van der Waals surface area contributed by atoms with E-state index in [9.17, 15) is 4.79 Å². The van der Waals surface area contributed by atoms with Gasteiger partial charge in [-0.1, -0.05) is 24.2 Å². The van der Waals surface area contributed by atoms with Crippen molar-refractivity contribution < 1.29 is 18.8 Å². The van der Waals surface area contributed by atoms with Crippen molar-refractivity contribution in [3.63, 3.8) is 0 Å². The second kappa shape index (κ2) is 9.23. The number of aromatic nitrogens is 2. The van der Waals surface area contributed by atoms with Crippen LogP contribution in [0.25, 0.3) is 11.4 Å². The van der Waals surface area contributed by atoms with Crippen LogP contribution in [-0.2, 0) is 11.3 Å². The highest BCUT2D eigenvalue weighted by atomic mass is 16.5. The Balaban J connectivity index is 1.60. The Morgan fingerprint density at radius 1 is 1.17 bits per heavy atom. The molecule has 7 nitrogen and oxygen atoms in total. The van der Waals surface area contributed by atoms with Crippen LogP contribution in [0.15, 0.2) is 47.0 Å². The van der Waals surface area contributed by atoms with E-state index in [0.29, 0.717) is 23.9 Å². The van der Waals surface area contributed by atoms with Gasteiger partial charge >= 0.3 is 0 Å². The van der Waals surface area contributed by atoms with Crippen LogP contribution in [0.2, 0.25) is 0 Å². The predicted octanol–water partition coefficient (Wildman–Crippen LogP) is 3.84. The van der Waals surface area contributed by atoms with Gasteiger partial charge in [0.15, 0.2) is 6.10 Å². The van der Waals surface area contributed by atoms with Crippen molar-refractivity contribution in [2.75, 3.05) is 7.11 Å². The fraction of sp³-hybridized carbons (Fsp3) is 0.318. The van der Waals surface area contributed by atoms with E-state index in [1.807, 2.05) is 63.2 Å². The molecule has 0 aliphatic carbocycles. The fourth-order valence-electron chi connectivity index (χ4n) is 2.79. The largest absolute Gasteiger partial charge is 0.497 e. The van der Waals surface area contributed by atoms with Gasteiger partial charge in [0, 0.05) is 5.56 Å². The first-order chi connectivity index (χ1) is 14.0. The Morgan fingerprint density at radius 3 is 2.62 bits per heavy atom. The highest BCUT2D eigenvalue weighted by Crippen LogP contribution is 2.23. The number of carbonyl (C=O) groups excluding carboxylic acids is 1. The molecule has 0 bridgehead atoms. The molecule has 152 valence electrons. The number of methoxy groups -OCH3 is 1. The van der Waals surface area contributed by atoms with Gasteiger partial charge in [-0.15, -0.1) is 0 Å². The van der Waals surface area contributed by atoms with Crippen molar-refractivity contribution in [2.45, 2.75) is 39.8 Å².